The Hall–Kier alpha value is -2.43. The van der Waals surface area contributed by atoms with Gasteiger partial charge in [0.15, 0.2) is 0 Å². The minimum atomic E-state index is 0.732. The van der Waals surface area contributed by atoms with Crippen molar-refractivity contribution < 1.29 is 0 Å². The fraction of sp³-hybridized carbons (Fsp3) is 0.143. The van der Waals surface area contributed by atoms with Crippen LogP contribution < -0.4 is 5.32 Å². The minimum absolute atomic E-state index is 0.732. The predicted molar refractivity (Wildman–Crippen MR) is 112 cm³/mol. The molecule has 0 bridgehead atoms. The van der Waals surface area contributed by atoms with Crippen LogP contribution in [0, 0.1) is 20.8 Å². The van der Waals surface area contributed by atoms with E-state index in [1.165, 1.54) is 16.0 Å². The molecule has 0 spiro atoms. The molecule has 0 radical (unpaired) electrons. The smallest absolute Gasteiger partial charge is 0.143 e. The van der Waals surface area contributed by atoms with Gasteiger partial charge in [-0.05, 0) is 55.7 Å². The third-order valence-corrected chi connectivity index (χ3v) is 5.92. The van der Waals surface area contributed by atoms with Crippen LogP contribution in [0.2, 0.25) is 5.02 Å². The number of benzene rings is 2. The Morgan fingerprint density at radius 2 is 1.73 bits per heavy atom. The molecule has 0 unspecified atom stereocenters. The predicted octanol–water partition coefficient (Wildman–Crippen LogP) is 6.68. The molecule has 3 nitrogen and oxygen atoms in total. The number of hydrogen-bond acceptors (Lipinski definition) is 4. The number of rotatable bonds is 3. The van der Waals surface area contributed by atoms with Gasteiger partial charge in [-0.3, -0.25) is 0 Å². The molecular formula is C21H18ClN3S. The van der Waals surface area contributed by atoms with Gasteiger partial charge in [-0.15, -0.1) is 11.3 Å². The number of hydrogen-bond donors (Lipinski definition) is 1. The van der Waals surface area contributed by atoms with Crippen LogP contribution >= 0.6 is 22.9 Å². The summed E-state index contributed by atoms with van der Waals surface area (Å²) in [4.78, 5) is 11.2. The van der Waals surface area contributed by atoms with E-state index in [-0.39, 0.29) is 0 Å². The number of fused-ring (bicyclic) bond motifs is 1. The van der Waals surface area contributed by atoms with Gasteiger partial charge >= 0.3 is 0 Å². The molecule has 0 aliphatic carbocycles. The van der Waals surface area contributed by atoms with E-state index in [0.717, 1.165) is 37.9 Å². The number of halogens is 1. The average molecular weight is 380 g/mol. The molecule has 4 rings (SSSR count). The molecule has 0 fully saturated rings. The first-order valence-corrected chi connectivity index (χ1v) is 9.57. The fourth-order valence-corrected chi connectivity index (χ4v) is 4.26. The van der Waals surface area contributed by atoms with E-state index >= 15 is 0 Å². The van der Waals surface area contributed by atoms with Crippen LogP contribution in [-0.4, -0.2) is 9.97 Å². The van der Waals surface area contributed by atoms with Crippen molar-refractivity contribution in [3.63, 3.8) is 0 Å². The largest absolute Gasteiger partial charge is 0.339 e. The molecular weight excluding hydrogens is 362 g/mol. The molecule has 2 aromatic heterocycles. The molecule has 2 aromatic carbocycles. The summed E-state index contributed by atoms with van der Waals surface area (Å²) in [5, 5.41) is 5.31. The monoisotopic (exact) mass is 379 g/mol. The van der Waals surface area contributed by atoms with Gasteiger partial charge in [0.05, 0.1) is 5.39 Å². The second-order valence-corrected chi connectivity index (χ2v) is 7.95. The van der Waals surface area contributed by atoms with E-state index in [9.17, 15) is 0 Å². The van der Waals surface area contributed by atoms with Crippen LogP contribution in [0.4, 0.5) is 11.5 Å². The minimum Gasteiger partial charge on any atom is -0.339 e. The van der Waals surface area contributed by atoms with Crippen LogP contribution in [0.1, 0.15) is 16.0 Å². The Balaban J connectivity index is 1.91. The molecule has 0 aliphatic rings. The second-order valence-electron chi connectivity index (χ2n) is 6.32. The highest BCUT2D eigenvalue weighted by molar-refractivity contribution is 7.19. The Morgan fingerprint density at radius 1 is 0.962 bits per heavy atom. The SMILES string of the molecule is Cc1cccc(Nc2ncnc3sc(C)c(-c4ccc(Cl)cc4)c23)c1C. The van der Waals surface area contributed by atoms with Crippen LogP contribution in [0.3, 0.4) is 0 Å². The maximum Gasteiger partial charge on any atom is 0.143 e. The van der Waals surface area contributed by atoms with Crippen molar-refractivity contribution in [1.82, 2.24) is 9.97 Å². The number of anilines is 2. The molecule has 0 saturated heterocycles. The Kier molecular flexibility index (Phi) is 4.39. The fourth-order valence-electron chi connectivity index (χ4n) is 3.12. The number of thiophene rings is 1. The van der Waals surface area contributed by atoms with E-state index in [4.69, 9.17) is 11.6 Å². The molecule has 0 saturated carbocycles. The molecule has 5 heteroatoms. The highest BCUT2D eigenvalue weighted by Crippen LogP contribution is 2.41. The third kappa shape index (κ3) is 2.96. The van der Waals surface area contributed by atoms with E-state index in [0.29, 0.717) is 0 Å². The van der Waals surface area contributed by atoms with Crippen molar-refractivity contribution in [2.75, 3.05) is 5.32 Å². The van der Waals surface area contributed by atoms with Crippen molar-refractivity contribution in [3.8, 4) is 11.1 Å². The van der Waals surface area contributed by atoms with Gasteiger partial charge in [-0.2, -0.15) is 0 Å². The topological polar surface area (TPSA) is 37.8 Å². The van der Waals surface area contributed by atoms with Gasteiger partial charge in [0.1, 0.15) is 17.0 Å². The normalized spacial score (nSPS) is 11.1. The third-order valence-electron chi connectivity index (χ3n) is 4.65. The molecule has 1 N–H and O–H groups in total. The van der Waals surface area contributed by atoms with Crippen LogP contribution in [0.5, 0.6) is 0 Å². The lowest BCUT2D eigenvalue weighted by Crippen LogP contribution is -1.98. The molecule has 0 aliphatic heterocycles. The average Bonchev–Trinajstić information content (AvgIpc) is 2.97. The molecule has 26 heavy (non-hydrogen) atoms. The van der Waals surface area contributed by atoms with E-state index < -0.39 is 0 Å². The van der Waals surface area contributed by atoms with Gasteiger partial charge in [0.2, 0.25) is 0 Å². The quantitative estimate of drug-likeness (QED) is 0.431. The first-order chi connectivity index (χ1) is 12.5. The van der Waals surface area contributed by atoms with E-state index in [2.05, 4.69) is 54.3 Å². The first kappa shape index (κ1) is 17.0. The summed E-state index contributed by atoms with van der Waals surface area (Å²) >= 11 is 7.75. The van der Waals surface area contributed by atoms with Gasteiger partial charge < -0.3 is 5.32 Å². The van der Waals surface area contributed by atoms with Crippen molar-refractivity contribution in [3.05, 3.63) is 69.8 Å². The Bertz CT molecular complexity index is 1100. The first-order valence-electron chi connectivity index (χ1n) is 8.38. The number of nitrogens with zero attached hydrogens (tertiary/aromatic N) is 2. The lowest BCUT2D eigenvalue weighted by molar-refractivity contribution is 1.22. The Labute approximate surface area is 161 Å². The van der Waals surface area contributed by atoms with Crippen molar-refractivity contribution in [2.45, 2.75) is 20.8 Å². The highest BCUT2D eigenvalue weighted by atomic mass is 35.5. The summed E-state index contributed by atoms with van der Waals surface area (Å²) in [6, 6.07) is 14.2. The maximum absolute atomic E-state index is 6.07. The zero-order valence-corrected chi connectivity index (χ0v) is 16.4. The molecule has 0 amide bonds. The van der Waals surface area contributed by atoms with Gasteiger partial charge in [0.25, 0.3) is 0 Å². The van der Waals surface area contributed by atoms with Crippen LogP contribution in [-0.2, 0) is 0 Å². The summed E-state index contributed by atoms with van der Waals surface area (Å²) in [7, 11) is 0. The van der Waals surface area contributed by atoms with Crippen LogP contribution in [0.15, 0.2) is 48.8 Å². The maximum atomic E-state index is 6.07. The summed E-state index contributed by atoms with van der Waals surface area (Å²) in [6.45, 7) is 6.36. The zero-order chi connectivity index (χ0) is 18.3. The molecule has 0 atom stereocenters. The standard InChI is InChI=1S/C21H18ClN3S/c1-12-5-4-6-17(13(12)2)25-20-19-18(15-7-9-16(22)10-8-15)14(3)26-21(19)24-11-23-20/h4-11H,1-3H3,(H,23,24,25). The van der Waals surface area contributed by atoms with Crippen LogP contribution in [0.25, 0.3) is 21.3 Å². The van der Waals surface area contributed by atoms with Crippen molar-refractivity contribution in [2.24, 2.45) is 0 Å². The zero-order valence-electron chi connectivity index (χ0n) is 14.8. The number of nitrogens with one attached hydrogen (secondary N) is 1. The van der Waals surface area contributed by atoms with Gasteiger partial charge in [0, 0.05) is 21.2 Å². The van der Waals surface area contributed by atoms with Gasteiger partial charge in [-0.25, -0.2) is 9.97 Å². The van der Waals surface area contributed by atoms with Crippen molar-refractivity contribution >= 4 is 44.7 Å². The molecule has 4 aromatic rings. The van der Waals surface area contributed by atoms with E-state index in [1.54, 1.807) is 17.7 Å². The summed E-state index contributed by atoms with van der Waals surface area (Å²) in [6.07, 6.45) is 1.62. The highest BCUT2D eigenvalue weighted by Gasteiger charge is 2.17. The van der Waals surface area contributed by atoms with E-state index in [1.807, 2.05) is 24.3 Å². The van der Waals surface area contributed by atoms with Gasteiger partial charge in [-0.1, -0.05) is 35.9 Å². The second kappa shape index (κ2) is 6.71. The lowest BCUT2D eigenvalue weighted by atomic mass is 10.0. The molecule has 130 valence electrons. The number of aromatic nitrogens is 2. The number of aryl methyl sites for hydroxylation is 2. The van der Waals surface area contributed by atoms with Crippen molar-refractivity contribution in [1.29, 1.82) is 0 Å². The summed E-state index contributed by atoms with van der Waals surface area (Å²) in [5.41, 5.74) is 5.82. The summed E-state index contributed by atoms with van der Waals surface area (Å²) < 4.78 is 0. The lowest BCUT2D eigenvalue weighted by Gasteiger charge is -2.12. The Morgan fingerprint density at radius 3 is 2.50 bits per heavy atom. The molecule has 2 heterocycles. The summed E-state index contributed by atoms with van der Waals surface area (Å²) in [5.74, 6) is 0.831.